The summed E-state index contributed by atoms with van der Waals surface area (Å²) in [6.07, 6.45) is 1.59. The Morgan fingerprint density at radius 2 is 1.86 bits per heavy atom. The van der Waals surface area contributed by atoms with Gasteiger partial charge in [0.1, 0.15) is 11.5 Å². The van der Waals surface area contributed by atoms with Gasteiger partial charge >= 0.3 is 5.97 Å². The molecule has 5 rings (SSSR count). The van der Waals surface area contributed by atoms with Crippen LogP contribution in [0.5, 0.6) is 11.5 Å². The average Bonchev–Trinajstić information content (AvgIpc) is 3.56. The van der Waals surface area contributed by atoms with Crippen LogP contribution in [0.2, 0.25) is 0 Å². The van der Waals surface area contributed by atoms with Crippen molar-refractivity contribution in [3.63, 3.8) is 0 Å². The number of aromatic nitrogens is 1. The van der Waals surface area contributed by atoms with Gasteiger partial charge in [0.2, 0.25) is 0 Å². The Morgan fingerprint density at radius 3 is 2.51 bits per heavy atom. The van der Waals surface area contributed by atoms with Gasteiger partial charge in [-0.2, -0.15) is 0 Å². The van der Waals surface area contributed by atoms with E-state index in [2.05, 4.69) is 36.9 Å². The molecular formula is C29H23Br2N3O8S. The molecule has 0 amide bonds. The molecule has 11 nitrogen and oxygen atoms in total. The summed E-state index contributed by atoms with van der Waals surface area (Å²) >= 11 is 8.10. The van der Waals surface area contributed by atoms with Crippen molar-refractivity contribution in [2.24, 2.45) is 4.99 Å². The molecule has 2 aromatic heterocycles. The minimum atomic E-state index is -0.880. The second-order valence-electron chi connectivity index (χ2n) is 9.15. The van der Waals surface area contributed by atoms with E-state index in [1.165, 1.54) is 30.9 Å². The zero-order valence-electron chi connectivity index (χ0n) is 23.2. The fourth-order valence-electron chi connectivity index (χ4n) is 4.69. The van der Waals surface area contributed by atoms with E-state index in [1.807, 2.05) is 0 Å². The van der Waals surface area contributed by atoms with Gasteiger partial charge in [0.25, 0.3) is 11.2 Å². The summed E-state index contributed by atoms with van der Waals surface area (Å²) in [7, 11) is 3.02. The van der Waals surface area contributed by atoms with Gasteiger partial charge in [-0.15, -0.1) is 0 Å². The molecule has 0 N–H and O–H groups in total. The SMILES string of the molecule is CCOC(=O)C1=C(C)N=c2s/c(=C/c3ccc(-c4ccc([N+](=O)[O-])cc4Br)o3)c(=O)n2[C@H]1c1cc(OC)c(OC)cc1Br. The number of halogens is 2. The maximum absolute atomic E-state index is 14.0. The summed E-state index contributed by atoms with van der Waals surface area (Å²) < 4.78 is 25.2. The fraction of sp³-hybridized carbons (Fsp3) is 0.207. The van der Waals surface area contributed by atoms with Crippen LogP contribution in [0.1, 0.15) is 31.2 Å². The van der Waals surface area contributed by atoms with E-state index in [1.54, 1.807) is 50.3 Å². The number of nitro benzene ring substituents is 1. The molecule has 0 unspecified atom stereocenters. The first kappa shape index (κ1) is 30.4. The number of non-ortho nitro benzene ring substituents is 1. The zero-order valence-corrected chi connectivity index (χ0v) is 27.2. The molecule has 3 heterocycles. The highest BCUT2D eigenvalue weighted by Crippen LogP contribution is 2.41. The Hall–Kier alpha value is -4.01. The third kappa shape index (κ3) is 5.69. The third-order valence-electron chi connectivity index (χ3n) is 6.64. The molecule has 4 aromatic rings. The standard InChI is InChI=1S/C29H23Br2N3O8S/c1-5-41-28(36)25-14(2)32-29-33(26(25)18-12-22(39-3)23(40-4)13-20(18)31)27(35)24(43-29)11-16-7-9-21(42-16)17-8-6-15(34(37)38)10-19(17)30/h6-13,26H,5H2,1-4H3/b24-11+/t26-/m0/s1. The van der Waals surface area contributed by atoms with Crippen LogP contribution in [-0.2, 0) is 9.53 Å². The number of fused-ring (bicyclic) bond motifs is 1. The van der Waals surface area contributed by atoms with Gasteiger partial charge < -0.3 is 18.6 Å². The second-order valence-corrected chi connectivity index (χ2v) is 11.9. The van der Waals surface area contributed by atoms with Gasteiger partial charge in [0.05, 0.1) is 47.6 Å². The van der Waals surface area contributed by atoms with Crippen molar-refractivity contribution in [2.45, 2.75) is 19.9 Å². The van der Waals surface area contributed by atoms with Crippen molar-refractivity contribution in [2.75, 3.05) is 20.8 Å². The van der Waals surface area contributed by atoms with Crippen molar-refractivity contribution in [3.8, 4) is 22.8 Å². The minimum Gasteiger partial charge on any atom is -0.493 e. The van der Waals surface area contributed by atoms with E-state index in [-0.39, 0.29) is 23.4 Å². The third-order valence-corrected chi connectivity index (χ3v) is 8.97. The molecule has 0 spiro atoms. The fourth-order valence-corrected chi connectivity index (χ4v) is 6.81. The number of carbonyl (C=O) groups excluding carboxylic acids is 1. The van der Waals surface area contributed by atoms with Crippen LogP contribution in [0.3, 0.4) is 0 Å². The van der Waals surface area contributed by atoms with Crippen LogP contribution >= 0.6 is 43.2 Å². The maximum atomic E-state index is 14.0. The number of esters is 1. The Balaban J connectivity index is 1.66. The number of benzene rings is 2. The molecule has 0 saturated carbocycles. The smallest absolute Gasteiger partial charge is 0.338 e. The summed E-state index contributed by atoms with van der Waals surface area (Å²) in [6.45, 7) is 3.55. The molecule has 43 heavy (non-hydrogen) atoms. The normalized spacial score (nSPS) is 14.7. The molecule has 2 aromatic carbocycles. The topological polar surface area (TPSA) is 135 Å². The number of furan rings is 1. The Bertz CT molecular complexity index is 1990. The Morgan fingerprint density at radius 1 is 1.14 bits per heavy atom. The molecule has 0 bridgehead atoms. The van der Waals surface area contributed by atoms with Crippen LogP contribution in [0.25, 0.3) is 17.4 Å². The summed E-state index contributed by atoms with van der Waals surface area (Å²) in [6, 6.07) is 10.3. The predicted molar refractivity (Wildman–Crippen MR) is 166 cm³/mol. The lowest BCUT2D eigenvalue weighted by atomic mass is 9.95. The molecule has 1 aliphatic heterocycles. The van der Waals surface area contributed by atoms with Crippen molar-refractivity contribution in [1.29, 1.82) is 0 Å². The highest BCUT2D eigenvalue weighted by molar-refractivity contribution is 9.10. The minimum absolute atomic E-state index is 0.0586. The van der Waals surface area contributed by atoms with Crippen LogP contribution in [-0.4, -0.2) is 36.3 Å². The Kier molecular flexibility index (Phi) is 8.71. The van der Waals surface area contributed by atoms with Gasteiger partial charge in [-0.05, 0) is 65.7 Å². The lowest BCUT2D eigenvalue weighted by Gasteiger charge is -2.26. The average molecular weight is 733 g/mol. The van der Waals surface area contributed by atoms with Gasteiger partial charge in [-0.1, -0.05) is 27.3 Å². The quantitative estimate of drug-likeness (QED) is 0.132. The maximum Gasteiger partial charge on any atom is 0.338 e. The number of nitro groups is 1. The summed E-state index contributed by atoms with van der Waals surface area (Å²) in [5.41, 5.74) is 1.37. The zero-order chi connectivity index (χ0) is 31.0. The highest BCUT2D eigenvalue weighted by Gasteiger charge is 2.35. The molecule has 0 radical (unpaired) electrons. The highest BCUT2D eigenvalue weighted by atomic mass is 79.9. The molecular weight excluding hydrogens is 710 g/mol. The molecule has 222 valence electrons. The number of allylic oxidation sites excluding steroid dienone is 1. The second kappa shape index (κ2) is 12.3. The van der Waals surface area contributed by atoms with Crippen LogP contribution < -0.4 is 24.4 Å². The van der Waals surface area contributed by atoms with Crippen molar-refractivity contribution in [3.05, 3.63) is 104 Å². The lowest BCUT2D eigenvalue weighted by molar-refractivity contribution is -0.384. The first-order valence-electron chi connectivity index (χ1n) is 12.7. The van der Waals surface area contributed by atoms with Gasteiger partial charge in [0.15, 0.2) is 16.3 Å². The van der Waals surface area contributed by atoms with Gasteiger partial charge in [-0.25, -0.2) is 9.79 Å². The van der Waals surface area contributed by atoms with Crippen LogP contribution in [0.4, 0.5) is 5.69 Å². The Labute approximate surface area is 265 Å². The van der Waals surface area contributed by atoms with Crippen molar-refractivity contribution < 1.29 is 28.3 Å². The molecule has 1 atom stereocenters. The lowest BCUT2D eigenvalue weighted by Crippen LogP contribution is -2.40. The van der Waals surface area contributed by atoms with E-state index < -0.39 is 16.9 Å². The van der Waals surface area contributed by atoms with E-state index in [0.29, 0.717) is 58.1 Å². The predicted octanol–water partition coefficient (Wildman–Crippen LogP) is 5.51. The first-order chi connectivity index (χ1) is 20.6. The number of rotatable bonds is 8. The number of methoxy groups -OCH3 is 2. The number of nitrogens with zero attached hydrogens (tertiary/aromatic N) is 3. The van der Waals surface area contributed by atoms with Gasteiger partial charge in [-0.3, -0.25) is 19.5 Å². The number of hydrogen-bond acceptors (Lipinski definition) is 10. The number of ether oxygens (including phenoxy) is 3. The van der Waals surface area contributed by atoms with E-state index >= 15 is 0 Å². The molecule has 0 saturated heterocycles. The number of hydrogen-bond donors (Lipinski definition) is 0. The van der Waals surface area contributed by atoms with Crippen LogP contribution in [0, 0.1) is 10.1 Å². The molecule has 1 aliphatic rings. The summed E-state index contributed by atoms with van der Waals surface area (Å²) in [4.78, 5) is 42.8. The van der Waals surface area contributed by atoms with Gasteiger partial charge in [0, 0.05) is 32.7 Å². The largest absolute Gasteiger partial charge is 0.493 e. The van der Waals surface area contributed by atoms with Crippen LogP contribution in [0.15, 0.2) is 76.9 Å². The summed E-state index contributed by atoms with van der Waals surface area (Å²) in [5, 5.41) is 11.1. The number of carbonyl (C=O) groups is 1. The van der Waals surface area contributed by atoms with Crippen molar-refractivity contribution >= 4 is 60.9 Å². The monoisotopic (exact) mass is 731 g/mol. The van der Waals surface area contributed by atoms with E-state index in [0.717, 1.165) is 11.3 Å². The van der Waals surface area contributed by atoms with E-state index in [4.69, 9.17) is 18.6 Å². The number of thiazole rings is 1. The molecule has 0 fully saturated rings. The molecule has 14 heteroatoms. The van der Waals surface area contributed by atoms with E-state index in [9.17, 15) is 19.7 Å². The van der Waals surface area contributed by atoms with Crippen molar-refractivity contribution in [1.82, 2.24) is 4.57 Å². The summed E-state index contributed by atoms with van der Waals surface area (Å²) in [5.74, 6) is 1.14. The molecule has 0 aliphatic carbocycles. The first-order valence-corrected chi connectivity index (χ1v) is 15.1.